The predicted octanol–water partition coefficient (Wildman–Crippen LogP) is 1.60. The second-order valence-corrected chi connectivity index (χ2v) is 6.09. The Morgan fingerprint density at radius 1 is 1.12 bits per heavy atom. The molecular formula is C17H18FN5O. The van der Waals surface area contributed by atoms with E-state index in [4.69, 9.17) is 0 Å². The Labute approximate surface area is 138 Å². The van der Waals surface area contributed by atoms with E-state index in [1.54, 1.807) is 0 Å². The van der Waals surface area contributed by atoms with Gasteiger partial charge < -0.3 is 14.8 Å². The molecule has 124 valence electrons. The summed E-state index contributed by atoms with van der Waals surface area (Å²) in [6.45, 7) is 3.92. The maximum atomic E-state index is 13.1. The topological polar surface area (TPSA) is 57.2 Å². The van der Waals surface area contributed by atoms with Crippen molar-refractivity contribution in [2.24, 2.45) is 0 Å². The zero-order chi connectivity index (χ0) is 16.7. The van der Waals surface area contributed by atoms with Gasteiger partial charge in [-0.3, -0.25) is 0 Å². The molecule has 0 unspecified atom stereocenters. The number of aromatic amines is 1. The van der Waals surface area contributed by atoms with Gasteiger partial charge in [-0.05, 0) is 37.4 Å². The van der Waals surface area contributed by atoms with Crippen LogP contribution in [-0.2, 0) is 0 Å². The van der Waals surface area contributed by atoms with E-state index in [0.29, 0.717) is 5.82 Å². The van der Waals surface area contributed by atoms with E-state index in [1.807, 2.05) is 18.2 Å². The molecule has 24 heavy (non-hydrogen) atoms. The van der Waals surface area contributed by atoms with Crippen molar-refractivity contribution in [2.45, 2.75) is 0 Å². The Bertz CT molecular complexity index is 922. The number of nitrogens with zero attached hydrogens (tertiary/aromatic N) is 4. The number of pyridine rings is 1. The molecule has 1 saturated heterocycles. The molecule has 1 aliphatic heterocycles. The number of anilines is 1. The van der Waals surface area contributed by atoms with Crippen LogP contribution in [-0.4, -0.2) is 52.7 Å². The number of hydrogen-bond donors (Lipinski definition) is 1. The molecular weight excluding hydrogens is 309 g/mol. The summed E-state index contributed by atoms with van der Waals surface area (Å²) in [4.78, 5) is 23.8. The maximum absolute atomic E-state index is 13.1. The van der Waals surface area contributed by atoms with Crippen molar-refractivity contribution in [3.8, 4) is 5.82 Å². The summed E-state index contributed by atoms with van der Waals surface area (Å²) >= 11 is 0. The average Bonchev–Trinajstić information content (AvgIpc) is 2.91. The number of likely N-dealkylation sites (N-methyl/N-ethyl adjacent to an activating group) is 1. The van der Waals surface area contributed by atoms with Crippen LogP contribution in [0.3, 0.4) is 0 Å². The molecule has 0 saturated carbocycles. The zero-order valence-corrected chi connectivity index (χ0v) is 13.4. The highest BCUT2D eigenvalue weighted by atomic mass is 19.1. The lowest BCUT2D eigenvalue weighted by atomic mass is 10.2. The van der Waals surface area contributed by atoms with Crippen molar-refractivity contribution in [1.29, 1.82) is 0 Å². The largest absolute Gasteiger partial charge is 0.369 e. The lowest BCUT2D eigenvalue weighted by Gasteiger charge is -2.34. The highest BCUT2D eigenvalue weighted by molar-refractivity contribution is 5.81. The van der Waals surface area contributed by atoms with Crippen LogP contribution in [0.1, 0.15) is 0 Å². The fourth-order valence-corrected chi connectivity index (χ4v) is 3.08. The van der Waals surface area contributed by atoms with E-state index in [0.717, 1.165) is 49.1 Å². The molecule has 0 amide bonds. The minimum absolute atomic E-state index is 0.278. The van der Waals surface area contributed by atoms with Crippen LogP contribution in [0, 0.1) is 5.82 Å². The van der Waals surface area contributed by atoms with Crippen LogP contribution in [0.5, 0.6) is 0 Å². The highest BCUT2D eigenvalue weighted by Crippen LogP contribution is 2.23. The van der Waals surface area contributed by atoms with Crippen molar-refractivity contribution >= 4 is 16.7 Å². The summed E-state index contributed by atoms with van der Waals surface area (Å²) in [5.74, 6) is -0.0204. The van der Waals surface area contributed by atoms with Crippen LogP contribution in [0.25, 0.3) is 16.9 Å². The van der Waals surface area contributed by atoms with Crippen molar-refractivity contribution in [3.63, 3.8) is 0 Å². The van der Waals surface area contributed by atoms with Gasteiger partial charge in [0.05, 0.1) is 17.2 Å². The number of H-pyrrole nitrogens is 1. The zero-order valence-electron chi connectivity index (χ0n) is 13.4. The Hall–Kier alpha value is -2.67. The lowest BCUT2D eigenvalue weighted by Crippen LogP contribution is -2.44. The number of nitrogens with one attached hydrogen (secondary N) is 1. The van der Waals surface area contributed by atoms with Gasteiger partial charge in [0.1, 0.15) is 11.6 Å². The summed E-state index contributed by atoms with van der Waals surface area (Å²) in [5.41, 5.74) is 2.28. The molecule has 1 N–H and O–H groups in total. The number of benzene rings is 1. The minimum atomic E-state index is -0.426. The van der Waals surface area contributed by atoms with E-state index in [9.17, 15) is 9.18 Å². The molecule has 1 aliphatic rings. The molecule has 6 nitrogen and oxygen atoms in total. The third kappa shape index (κ3) is 2.56. The first kappa shape index (κ1) is 14.9. The fraction of sp³-hybridized carbons (Fsp3) is 0.294. The Morgan fingerprint density at radius 3 is 2.62 bits per heavy atom. The molecule has 0 radical (unpaired) electrons. The van der Waals surface area contributed by atoms with Gasteiger partial charge in [0.15, 0.2) is 0 Å². The van der Waals surface area contributed by atoms with Gasteiger partial charge in [0, 0.05) is 31.9 Å². The molecule has 3 aromatic rings. The van der Waals surface area contributed by atoms with Crippen molar-refractivity contribution < 1.29 is 4.39 Å². The predicted molar refractivity (Wildman–Crippen MR) is 91.4 cm³/mol. The van der Waals surface area contributed by atoms with Gasteiger partial charge in [0.2, 0.25) is 0 Å². The molecule has 1 fully saturated rings. The number of fused-ring (bicyclic) bond motifs is 1. The number of halogens is 1. The quantitative estimate of drug-likeness (QED) is 0.777. The Balaban J connectivity index is 1.79. The molecule has 0 spiro atoms. The lowest BCUT2D eigenvalue weighted by molar-refractivity contribution is 0.313. The number of imidazole rings is 1. The summed E-state index contributed by atoms with van der Waals surface area (Å²) in [5, 5.41) is 0. The number of hydrogen-bond acceptors (Lipinski definition) is 4. The minimum Gasteiger partial charge on any atom is -0.369 e. The van der Waals surface area contributed by atoms with Gasteiger partial charge in [0.25, 0.3) is 0 Å². The second kappa shape index (κ2) is 5.76. The monoisotopic (exact) mass is 327 g/mol. The molecule has 3 heterocycles. The Morgan fingerprint density at radius 2 is 1.92 bits per heavy atom. The molecule has 7 heteroatoms. The first-order chi connectivity index (χ1) is 11.6. The summed E-state index contributed by atoms with van der Waals surface area (Å²) in [6, 6.07) is 8.73. The van der Waals surface area contributed by atoms with Gasteiger partial charge in [-0.1, -0.05) is 0 Å². The Kier molecular flexibility index (Phi) is 3.57. The van der Waals surface area contributed by atoms with E-state index in [1.165, 1.54) is 16.7 Å². The average molecular weight is 327 g/mol. The third-order valence-corrected chi connectivity index (χ3v) is 4.48. The maximum Gasteiger partial charge on any atom is 0.332 e. The molecule has 1 aromatic carbocycles. The summed E-state index contributed by atoms with van der Waals surface area (Å²) in [7, 11) is 2.12. The number of rotatable bonds is 2. The van der Waals surface area contributed by atoms with Crippen molar-refractivity contribution in [3.05, 3.63) is 52.8 Å². The van der Waals surface area contributed by atoms with Gasteiger partial charge in [-0.2, -0.15) is 0 Å². The van der Waals surface area contributed by atoms with E-state index in [2.05, 4.69) is 26.8 Å². The molecule has 2 aromatic heterocycles. The highest BCUT2D eigenvalue weighted by Gasteiger charge is 2.16. The second-order valence-electron chi connectivity index (χ2n) is 6.09. The normalized spacial score (nSPS) is 16.0. The summed E-state index contributed by atoms with van der Waals surface area (Å²) < 4.78 is 14.6. The molecule has 0 aliphatic carbocycles. The first-order valence-electron chi connectivity index (χ1n) is 7.92. The fourth-order valence-electron chi connectivity index (χ4n) is 3.08. The van der Waals surface area contributed by atoms with Gasteiger partial charge in [-0.25, -0.2) is 18.7 Å². The molecule has 0 bridgehead atoms. The van der Waals surface area contributed by atoms with Crippen LogP contribution < -0.4 is 10.6 Å². The summed E-state index contributed by atoms with van der Waals surface area (Å²) in [6.07, 6.45) is 1.12. The van der Waals surface area contributed by atoms with E-state index in [-0.39, 0.29) is 5.69 Å². The van der Waals surface area contributed by atoms with E-state index < -0.39 is 5.82 Å². The van der Waals surface area contributed by atoms with Crippen LogP contribution in [0.15, 0.2) is 41.3 Å². The van der Waals surface area contributed by atoms with Crippen molar-refractivity contribution in [1.82, 2.24) is 19.4 Å². The standard InChI is InChI=1S/C17H18FN5O/c1-21-6-8-22(9-7-21)13-3-4-14-15(10-13)23(17(24)20-14)16-5-2-12(18)11-19-16/h2-5,10-11H,6-9H2,1H3,(H,20,24). The smallest absolute Gasteiger partial charge is 0.332 e. The third-order valence-electron chi connectivity index (χ3n) is 4.48. The SMILES string of the molecule is CN1CCN(c2ccc3[nH]c(=O)n(-c4ccc(F)cn4)c3c2)CC1. The number of aromatic nitrogens is 3. The number of piperazine rings is 1. The van der Waals surface area contributed by atoms with Gasteiger partial charge >= 0.3 is 5.69 Å². The van der Waals surface area contributed by atoms with E-state index >= 15 is 0 Å². The van der Waals surface area contributed by atoms with Crippen LogP contribution >= 0.6 is 0 Å². The first-order valence-corrected chi connectivity index (χ1v) is 7.92. The molecule has 4 rings (SSSR count). The van der Waals surface area contributed by atoms with Crippen LogP contribution in [0.4, 0.5) is 10.1 Å². The molecule has 0 atom stereocenters. The van der Waals surface area contributed by atoms with Crippen LogP contribution in [0.2, 0.25) is 0 Å². The van der Waals surface area contributed by atoms with Gasteiger partial charge in [-0.15, -0.1) is 0 Å². The van der Waals surface area contributed by atoms with Crippen molar-refractivity contribution in [2.75, 3.05) is 38.1 Å².